The Bertz CT molecular complexity index is 1550. The molecule has 0 aliphatic rings. The Hall–Kier alpha value is -3.41. The van der Waals surface area contributed by atoms with E-state index < -0.39 is 6.10 Å². The van der Waals surface area contributed by atoms with E-state index in [1.807, 2.05) is 0 Å². The molecule has 0 saturated carbocycles. The lowest BCUT2D eigenvalue weighted by Crippen LogP contribution is -2.30. The predicted octanol–water partition coefficient (Wildman–Crippen LogP) is 24.6. The Balaban J connectivity index is 4.13. The second-order valence-corrected chi connectivity index (χ2v) is 23.8. The van der Waals surface area contributed by atoms with E-state index in [0.717, 1.165) is 109 Å². The summed E-state index contributed by atoms with van der Waals surface area (Å²) >= 11 is 0. The zero-order valence-electron chi connectivity index (χ0n) is 54.5. The van der Waals surface area contributed by atoms with Gasteiger partial charge in [-0.15, -0.1) is 0 Å². The van der Waals surface area contributed by atoms with Crippen LogP contribution in [0.25, 0.3) is 0 Å². The SMILES string of the molecule is CC/C=C\C/C=C\C/C=C\C/C=C\C/C=C\C/C=C\CCCCCCCCCCCCCCCCC(=O)OCC(COC(=O)CCCCCCC/C=C\CCC)OC(=O)CCCCCCCCCCCCCCCCCCCCCCC. The first-order valence-corrected chi connectivity index (χ1v) is 35.6. The van der Waals surface area contributed by atoms with Gasteiger partial charge in [-0.2, -0.15) is 0 Å². The van der Waals surface area contributed by atoms with Crippen molar-refractivity contribution in [2.24, 2.45) is 0 Å². The Labute approximate surface area is 509 Å². The van der Waals surface area contributed by atoms with Gasteiger partial charge in [-0.3, -0.25) is 14.4 Å². The van der Waals surface area contributed by atoms with Crippen LogP contribution in [0.2, 0.25) is 0 Å². The largest absolute Gasteiger partial charge is 0.462 e. The smallest absolute Gasteiger partial charge is 0.306 e. The van der Waals surface area contributed by atoms with Crippen LogP contribution in [0, 0.1) is 0 Å². The highest BCUT2D eigenvalue weighted by Gasteiger charge is 2.19. The molecule has 82 heavy (non-hydrogen) atoms. The molecular formula is C76H134O6. The van der Waals surface area contributed by atoms with E-state index in [1.54, 1.807) is 0 Å². The maximum atomic E-state index is 12.9. The van der Waals surface area contributed by atoms with E-state index in [4.69, 9.17) is 14.2 Å². The summed E-state index contributed by atoms with van der Waals surface area (Å²) in [5, 5.41) is 0. The van der Waals surface area contributed by atoms with E-state index in [0.29, 0.717) is 19.3 Å². The zero-order valence-corrected chi connectivity index (χ0v) is 54.5. The third-order valence-electron chi connectivity index (χ3n) is 15.6. The van der Waals surface area contributed by atoms with Gasteiger partial charge in [0.25, 0.3) is 0 Å². The fraction of sp³-hybridized carbons (Fsp3) is 0.776. The third kappa shape index (κ3) is 67.4. The number of allylic oxidation sites excluding steroid dienone is 14. The highest BCUT2D eigenvalue weighted by Crippen LogP contribution is 2.18. The van der Waals surface area contributed by atoms with Gasteiger partial charge in [0.1, 0.15) is 13.2 Å². The molecule has 0 aromatic carbocycles. The van der Waals surface area contributed by atoms with Crippen molar-refractivity contribution in [2.45, 2.75) is 367 Å². The van der Waals surface area contributed by atoms with Gasteiger partial charge in [0, 0.05) is 19.3 Å². The molecule has 0 aromatic rings. The molecule has 1 unspecified atom stereocenters. The van der Waals surface area contributed by atoms with E-state index >= 15 is 0 Å². The topological polar surface area (TPSA) is 78.9 Å². The first kappa shape index (κ1) is 78.6. The summed E-state index contributed by atoms with van der Waals surface area (Å²) < 4.78 is 16.9. The fourth-order valence-electron chi connectivity index (χ4n) is 10.3. The van der Waals surface area contributed by atoms with Crippen LogP contribution in [-0.2, 0) is 28.6 Å². The molecule has 0 aliphatic heterocycles. The predicted molar refractivity (Wildman–Crippen MR) is 358 cm³/mol. The molecule has 0 fully saturated rings. The molecule has 474 valence electrons. The van der Waals surface area contributed by atoms with Crippen molar-refractivity contribution >= 4 is 17.9 Å². The van der Waals surface area contributed by atoms with Crippen molar-refractivity contribution in [3.63, 3.8) is 0 Å². The Morgan fingerprint density at radius 2 is 0.500 bits per heavy atom. The molecule has 0 rings (SSSR count). The summed E-state index contributed by atoms with van der Waals surface area (Å²) in [5.41, 5.74) is 0. The minimum atomic E-state index is -0.777. The van der Waals surface area contributed by atoms with E-state index in [-0.39, 0.29) is 31.1 Å². The van der Waals surface area contributed by atoms with Crippen molar-refractivity contribution in [2.75, 3.05) is 13.2 Å². The molecule has 0 heterocycles. The molecule has 6 heteroatoms. The van der Waals surface area contributed by atoms with Gasteiger partial charge in [0.05, 0.1) is 0 Å². The fourth-order valence-corrected chi connectivity index (χ4v) is 10.3. The van der Waals surface area contributed by atoms with E-state index in [1.165, 1.54) is 212 Å². The second-order valence-electron chi connectivity index (χ2n) is 23.8. The van der Waals surface area contributed by atoms with Crippen LogP contribution < -0.4 is 0 Å². The van der Waals surface area contributed by atoms with Crippen LogP contribution in [0.3, 0.4) is 0 Å². The molecule has 0 bridgehead atoms. The number of unbranched alkanes of at least 4 members (excludes halogenated alkanes) is 40. The average Bonchev–Trinajstić information content (AvgIpc) is 3.48. The third-order valence-corrected chi connectivity index (χ3v) is 15.6. The summed E-state index contributed by atoms with van der Waals surface area (Å²) in [6.45, 7) is 6.51. The molecule has 0 amide bonds. The number of carbonyl (C=O) groups is 3. The van der Waals surface area contributed by atoms with Gasteiger partial charge in [-0.05, 0) is 89.9 Å². The monoisotopic (exact) mass is 1140 g/mol. The highest BCUT2D eigenvalue weighted by atomic mass is 16.6. The first-order chi connectivity index (χ1) is 40.5. The minimum absolute atomic E-state index is 0.0745. The van der Waals surface area contributed by atoms with Crippen molar-refractivity contribution < 1.29 is 28.6 Å². The number of hydrogen-bond acceptors (Lipinski definition) is 6. The van der Waals surface area contributed by atoms with Gasteiger partial charge in [0.15, 0.2) is 6.10 Å². The molecular weight excluding hydrogens is 1010 g/mol. The second kappa shape index (κ2) is 70.1. The lowest BCUT2D eigenvalue weighted by Gasteiger charge is -2.18. The van der Waals surface area contributed by atoms with Gasteiger partial charge in [0.2, 0.25) is 0 Å². The number of esters is 3. The Morgan fingerprint density at radius 1 is 0.256 bits per heavy atom. The number of ether oxygens (including phenoxy) is 3. The molecule has 0 radical (unpaired) electrons. The summed E-state index contributed by atoms with van der Waals surface area (Å²) in [5.74, 6) is -0.866. The molecule has 0 N–H and O–H groups in total. The van der Waals surface area contributed by atoms with Gasteiger partial charge >= 0.3 is 17.9 Å². The first-order valence-electron chi connectivity index (χ1n) is 35.6. The van der Waals surface area contributed by atoms with Crippen molar-refractivity contribution in [3.8, 4) is 0 Å². The molecule has 0 saturated heterocycles. The van der Waals surface area contributed by atoms with Crippen LogP contribution in [-0.4, -0.2) is 37.2 Å². The summed E-state index contributed by atoms with van der Waals surface area (Å²) in [6, 6.07) is 0. The van der Waals surface area contributed by atoms with Crippen LogP contribution in [0.1, 0.15) is 361 Å². The molecule has 0 spiro atoms. The van der Waals surface area contributed by atoms with Crippen molar-refractivity contribution in [3.05, 3.63) is 85.1 Å². The molecule has 6 nitrogen and oxygen atoms in total. The quantitative estimate of drug-likeness (QED) is 0.0261. The maximum Gasteiger partial charge on any atom is 0.306 e. The number of hydrogen-bond donors (Lipinski definition) is 0. The normalized spacial score (nSPS) is 12.6. The lowest BCUT2D eigenvalue weighted by molar-refractivity contribution is -0.167. The zero-order chi connectivity index (χ0) is 59.2. The maximum absolute atomic E-state index is 12.9. The number of carbonyl (C=O) groups excluding carboxylic acids is 3. The summed E-state index contributed by atoms with van der Waals surface area (Å²) in [4.78, 5) is 38.3. The molecule has 0 aliphatic carbocycles. The van der Waals surface area contributed by atoms with Crippen LogP contribution >= 0.6 is 0 Å². The van der Waals surface area contributed by atoms with Gasteiger partial charge in [-0.1, -0.05) is 337 Å². The highest BCUT2D eigenvalue weighted by molar-refractivity contribution is 5.71. The summed E-state index contributed by atoms with van der Waals surface area (Å²) in [6.07, 6.45) is 93.4. The van der Waals surface area contributed by atoms with Gasteiger partial charge in [-0.25, -0.2) is 0 Å². The lowest BCUT2D eigenvalue weighted by atomic mass is 10.0. The number of rotatable bonds is 65. The van der Waals surface area contributed by atoms with Crippen molar-refractivity contribution in [1.82, 2.24) is 0 Å². The van der Waals surface area contributed by atoms with Crippen LogP contribution in [0.5, 0.6) is 0 Å². The minimum Gasteiger partial charge on any atom is -0.462 e. The Morgan fingerprint density at radius 3 is 0.805 bits per heavy atom. The van der Waals surface area contributed by atoms with Crippen molar-refractivity contribution in [1.29, 1.82) is 0 Å². The van der Waals surface area contributed by atoms with Crippen LogP contribution in [0.15, 0.2) is 85.1 Å². The van der Waals surface area contributed by atoms with Gasteiger partial charge < -0.3 is 14.2 Å². The molecule has 0 aromatic heterocycles. The average molecular weight is 1140 g/mol. The van der Waals surface area contributed by atoms with Crippen LogP contribution in [0.4, 0.5) is 0 Å². The summed E-state index contributed by atoms with van der Waals surface area (Å²) in [7, 11) is 0. The van der Waals surface area contributed by atoms with E-state index in [2.05, 4.69) is 106 Å². The standard InChI is InChI=1S/C76H134O6/c1-4-7-10-13-16-19-22-24-26-28-30-32-33-34-35-36-37-38-39-40-41-42-43-45-46-48-50-52-54-57-60-63-66-69-75(78)81-72-73(71-80-74(77)68-65-62-59-56-21-18-15-12-9-6-3)82-76(79)70-67-64-61-58-55-53-51-49-47-44-31-29-27-25-23-20-17-14-11-8-5-2/h7,10,12,15-16,19,24,26,30,32,34-35,37-38,73H,4-6,8-9,11,13-14,17-18,20-23,25,27-29,31,33,36,39-72H2,1-3H3/b10-7-,15-12-,19-16-,26-24-,32-30-,35-34-,38-37-. The van der Waals surface area contributed by atoms with E-state index in [9.17, 15) is 14.4 Å². The Kier molecular flexibility index (Phi) is 67.2. The molecule has 1 atom stereocenters.